The second-order valence-electron chi connectivity index (χ2n) is 6.16. The van der Waals surface area contributed by atoms with E-state index in [0.29, 0.717) is 39.9 Å². The second-order valence-corrected chi connectivity index (χ2v) is 6.16. The molecule has 0 spiro atoms. The molecule has 2 N–H and O–H groups in total. The number of para-hydroxylation sites is 1. The molecule has 0 amide bonds. The minimum absolute atomic E-state index is 0.0475. The van der Waals surface area contributed by atoms with Gasteiger partial charge in [0.2, 0.25) is 6.79 Å². The molecule has 28 heavy (non-hydrogen) atoms. The molecular formula is C20H18O8. The number of carbonyl (C=O) groups is 1. The second kappa shape index (κ2) is 6.97. The standard InChI is InChI=1S/C20H18O8/c1-24-12-5-3-4-10(19(12)25-2)17-11-6-14-15(27-9-26-14)7-13(11)28-16(8-21)18(17)20(22)23/h3-7,17,21H,8-9H2,1-2H3,(H,22,23)/t17-/m1/s1. The van der Waals surface area contributed by atoms with Crippen LogP contribution in [0, 0.1) is 0 Å². The van der Waals surface area contributed by atoms with Gasteiger partial charge in [0.15, 0.2) is 23.0 Å². The van der Waals surface area contributed by atoms with E-state index >= 15 is 0 Å². The van der Waals surface area contributed by atoms with Crippen LogP contribution in [0.3, 0.4) is 0 Å². The number of aliphatic carboxylic acids is 1. The maximum Gasteiger partial charge on any atom is 0.336 e. The first-order valence-corrected chi connectivity index (χ1v) is 8.48. The van der Waals surface area contributed by atoms with Gasteiger partial charge in [0.1, 0.15) is 18.1 Å². The number of carboxylic acid groups (broad SMARTS) is 1. The summed E-state index contributed by atoms with van der Waals surface area (Å²) in [4.78, 5) is 12.1. The molecule has 4 rings (SSSR count). The third-order valence-electron chi connectivity index (χ3n) is 4.76. The largest absolute Gasteiger partial charge is 0.493 e. The highest BCUT2D eigenvalue weighted by Gasteiger charge is 2.38. The summed E-state index contributed by atoms with van der Waals surface area (Å²) in [5.74, 6) is 0.199. The van der Waals surface area contributed by atoms with Crippen molar-refractivity contribution in [1.29, 1.82) is 0 Å². The number of aliphatic hydroxyl groups is 1. The van der Waals surface area contributed by atoms with Crippen molar-refractivity contribution in [2.45, 2.75) is 5.92 Å². The first-order valence-electron chi connectivity index (χ1n) is 8.48. The summed E-state index contributed by atoms with van der Waals surface area (Å²) in [5.41, 5.74) is 1.04. The van der Waals surface area contributed by atoms with Crippen LogP contribution in [0.15, 0.2) is 41.7 Å². The molecular weight excluding hydrogens is 368 g/mol. The van der Waals surface area contributed by atoms with E-state index in [9.17, 15) is 15.0 Å². The molecule has 0 bridgehead atoms. The first kappa shape index (κ1) is 18.0. The molecule has 2 aromatic rings. The van der Waals surface area contributed by atoms with Crippen LogP contribution in [-0.4, -0.2) is 43.8 Å². The molecule has 0 saturated carbocycles. The first-order chi connectivity index (χ1) is 13.6. The molecule has 2 aliphatic heterocycles. The van der Waals surface area contributed by atoms with Gasteiger partial charge < -0.3 is 33.9 Å². The quantitative estimate of drug-likeness (QED) is 0.807. The van der Waals surface area contributed by atoms with E-state index < -0.39 is 18.5 Å². The van der Waals surface area contributed by atoms with Crippen molar-refractivity contribution in [2.24, 2.45) is 0 Å². The molecule has 2 heterocycles. The van der Waals surface area contributed by atoms with Crippen LogP contribution in [-0.2, 0) is 4.79 Å². The van der Waals surface area contributed by atoms with E-state index in [4.69, 9.17) is 23.7 Å². The Labute approximate surface area is 160 Å². The highest BCUT2D eigenvalue weighted by atomic mass is 16.7. The van der Waals surface area contributed by atoms with Crippen LogP contribution in [0.2, 0.25) is 0 Å². The fraction of sp³-hybridized carbons (Fsp3) is 0.250. The minimum Gasteiger partial charge on any atom is -0.493 e. The smallest absolute Gasteiger partial charge is 0.336 e. The fourth-order valence-corrected chi connectivity index (χ4v) is 3.58. The number of hydrogen-bond donors (Lipinski definition) is 2. The summed E-state index contributed by atoms with van der Waals surface area (Å²) in [6.07, 6.45) is 0. The van der Waals surface area contributed by atoms with E-state index in [1.165, 1.54) is 14.2 Å². The summed E-state index contributed by atoms with van der Waals surface area (Å²) < 4.78 is 27.4. The van der Waals surface area contributed by atoms with Gasteiger partial charge >= 0.3 is 5.97 Å². The van der Waals surface area contributed by atoms with Crippen molar-refractivity contribution in [3.63, 3.8) is 0 Å². The Morgan fingerprint density at radius 2 is 1.86 bits per heavy atom. The van der Waals surface area contributed by atoms with Gasteiger partial charge in [-0.25, -0.2) is 4.79 Å². The van der Waals surface area contributed by atoms with Crippen LogP contribution in [0.4, 0.5) is 0 Å². The maximum atomic E-state index is 12.1. The lowest BCUT2D eigenvalue weighted by Gasteiger charge is -2.30. The summed E-state index contributed by atoms with van der Waals surface area (Å²) in [7, 11) is 2.99. The molecule has 0 aromatic heterocycles. The van der Waals surface area contributed by atoms with Gasteiger partial charge in [-0.3, -0.25) is 0 Å². The van der Waals surface area contributed by atoms with Crippen LogP contribution in [0.5, 0.6) is 28.7 Å². The van der Waals surface area contributed by atoms with E-state index in [-0.39, 0.29) is 18.1 Å². The number of benzene rings is 2. The lowest BCUT2D eigenvalue weighted by Crippen LogP contribution is -2.24. The van der Waals surface area contributed by atoms with E-state index in [1.807, 2.05) is 0 Å². The lowest BCUT2D eigenvalue weighted by atomic mass is 9.81. The molecule has 8 heteroatoms. The van der Waals surface area contributed by atoms with Gasteiger partial charge in [0.05, 0.1) is 25.7 Å². The van der Waals surface area contributed by atoms with Crippen molar-refractivity contribution in [1.82, 2.24) is 0 Å². The normalized spacial score (nSPS) is 17.0. The Balaban J connectivity index is 2.01. The Hall–Kier alpha value is -3.39. The molecule has 2 aromatic carbocycles. The third-order valence-corrected chi connectivity index (χ3v) is 4.76. The zero-order chi connectivity index (χ0) is 19.8. The van der Waals surface area contributed by atoms with Gasteiger partial charge in [-0.15, -0.1) is 0 Å². The predicted octanol–water partition coefficient (Wildman–Crippen LogP) is 2.29. The number of carboxylic acids is 1. The van der Waals surface area contributed by atoms with Crippen molar-refractivity contribution < 1.29 is 38.7 Å². The van der Waals surface area contributed by atoms with Crippen LogP contribution < -0.4 is 23.7 Å². The maximum absolute atomic E-state index is 12.1. The number of aliphatic hydroxyl groups excluding tert-OH is 1. The molecule has 0 saturated heterocycles. The van der Waals surface area contributed by atoms with Gasteiger partial charge in [-0.1, -0.05) is 12.1 Å². The van der Waals surface area contributed by atoms with Gasteiger partial charge in [-0.05, 0) is 12.1 Å². The zero-order valence-electron chi connectivity index (χ0n) is 15.2. The van der Waals surface area contributed by atoms with E-state index in [1.54, 1.807) is 30.3 Å². The van der Waals surface area contributed by atoms with Crippen molar-refractivity contribution in [3.05, 3.63) is 52.8 Å². The molecule has 0 fully saturated rings. The summed E-state index contributed by atoms with van der Waals surface area (Å²) in [5, 5.41) is 19.7. The molecule has 0 radical (unpaired) electrons. The van der Waals surface area contributed by atoms with Crippen LogP contribution >= 0.6 is 0 Å². The van der Waals surface area contributed by atoms with Crippen molar-refractivity contribution >= 4 is 5.97 Å². The van der Waals surface area contributed by atoms with Gasteiger partial charge in [-0.2, -0.15) is 0 Å². The number of methoxy groups -OCH3 is 2. The van der Waals surface area contributed by atoms with Gasteiger partial charge in [0, 0.05) is 17.2 Å². The minimum atomic E-state index is -1.21. The van der Waals surface area contributed by atoms with Gasteiger partial charge in [0.25, 0.3) is 0 Å². The molecule has 8 nitrogen and oxygen atoms in total. The average molecular weight is 386 g/mol. The van der Waals surface area contributed by atoms with Crippen molar-refractivity contribution in [2.75, 3.05) is 27.6 Å². The fourth-order valence-electron chi connectivity index (χ4n) is 3.58. The molecule has 2 aliphatic rings. The summed E-state index contributed by atoms with van der Waals surface area (Å²) in [6.45, 7) is -0.504. The lowest BCUT2D eigenvalue weighted by molar-refractivity contribution is -0.133. The Bertz CT molecular complexity index is 978. The number of hydrogen-bond acceptors (Lipinski definition) is 7. The average Bonchev–Trinajstić information content (AvgIpc) is 3.17. The summed E-state index contributed by atoms with van der Waals surface area (Å²) >= 11 is 0. The highest BCUT2D eigenvalue weighted by Crippen LogP contribution is 2.51. The molecule has 146 valence electrons. The third kappa shape index (κ3) is 2.69. The molecule has 0 unspecified atom stereocenters. The topological polar surface area (TPSA) is 104 Å². The Morgan fingerprint density at radius 1 is 1.11 bits per heavy atom. The van der Waals surface area contributed by atoms with Crippen LogP contribution in [0.1, 0.15) is 17.0 Å². The Kier molecular flexibility index (Phi) is 4.48. The van der Waals surface area contributed by atoms with Crippen molar-refractivity contribution in [3.8, 4) is 28.7 Å². The van der Waals surface area contributed by atoms with E-state index in [0.717, 1.165) is 0 Å². The SMILES string of the molecule is COc1cccc([C@H]2C(C(=O)O)=C(CO)Oc3cc4c(cc32)OCO4)c1OC. The highest BCUT2D eigenvalue weighted by molar-refractivity contribution is 5.92. The predicted molar refractivity (Wildman–Crippen MR) is 96.3 cm³/mol. The Morgan fingerprint density at radius 3 is 2.50 bits per heavy atom. The summed E-state index contributed by atoms with van der Waals surface area (Å²) in [6, 6.07) is 8.55. The molecule has 0 aliphatic carbocycles. The molecule has 1 atom stereocenters. The van der Waals surface area contributed by atoms with Crippen LogP contribution in [0.25, 0.3) is 0 Å². The van der Waals surface area contributed by atoms with E-state index in [2.05, 4.69) is 0 Å². The number of rotatable bonds is 5. The number of ether oxygens (including phenoxy) is 5. The number of fused-ring (bicyclic) bond motifs is 2. The monoisotopic (exact) mass is 386 g/mol. The zero-order valence-corrected chi connectivity index (χ0v) is 15.2.